The lowest BCUT2D eigenvalue weighted by molar-refractivity contribution is 0.102. The molecule has 0 unspecified atom stereocenters. The fourth-order valence-corrected chi connectivity index (χ4v) is 3.30. The van der Waals surface area contributed by atoms with Gasteiger partial charge in [0.2, 0.25) is 5.95 Å². The van der Waals surface area contributed by atoms with Crippen molar-refractivity contribution in [1.29, 1.82) is 0 Å². The quantitative estimate of drug-likeness (QED) is 0.668. The van der Waals surface area contributed by atoms with Crippen molar-refractivity contribution in [2.24, 2.45) is 0 Å². The van der Waals surface area contributed by atoms with E-state index in [1.165, 1.54) is 16.7 Å². The molecule has 0 saturated carbocycles. The average molecular weight is 374 g/mol. The molecule has 5 heteroatoms. The number of carbonyl (C=O) groups is 1. The Bertz CT molecular complexity index is 1000. The van der Waals surface area contributed by atoms with Gasteiger partial charge in [-0.05, 0) is 62.9 Å². The summed E-state index contributed by atoms with van der Waals surface area (Å²) >= 11 is 0. The second-order valence-electron chi connectivity index (χ2n) is 7.23. The summed E-state index contributed by atoms with van der Waals surface area (Å²) in [5.74, 6) is 0.213. The van der Waals surface area contributed by atoms with E-state index in [4.69, 9.17) is 0 Å². The second-order valence-corrected chi connectivity index (χ2v) is 7.23. The zero-order valence-corrected chi connectivity index (χ0v) is 17.1. The molecule has 0 aliphatic heterocycles. The maximum Gasteiger partial charge on any atom is 0.274 e. The van der Waals surface area contributed by atoms with E-state index >= 15 is 0 Å². The zero-order chi connectivity index (χ0) is 20.3. The highest BCUT2D eigenvalue weighted by Crippen LogP contribution is 2.22. The van der Waals surface area contributed by atoms with Crippen LogP contribution in [0.5, 0.6) is 0 Å². The van der Waals surface area contributed by atoms with Gasteiger partial charge in [0.15, 0.2) is 0 Å². The average Bonchev–Trinajstić information content (AvgIpc) is 2.63. The third-order valence-corrected chi connectivity index (χ3v) is 4.70. The lowest BCUT2D eigenvalue weighted by Gasteiger charge is -2.13. The Balaban J connectivity index is 1.79. The first-order valence-corrected chi connectivity index (χ1v) is 9.37. The van der Waals surface area contributed by atoms with Crippen LogP contribution in [0.25, 0.3) is 0 Å². The summed E-state index contributed by atoms with van der Waals surface area (Å²) in [6, 6.07) is 14.0. The van der Waals surface area contributed by atoms with Gasteiger partial charge < -0.3 is 10.6 Å². The highest BCUT2D eigenvalue weighted by Gasteiger charge is 2.14. The molecule has 0 aliphatic rings. The molecule has 1 aromatic heterocycles. The van der Waals surface area contributed by atoms with Crippen LogP contribution in [0, 0.1) is 34.6 Å². The number of anilines is 2. The van der Waals surface area contributed by atoms with Crippen molar-refractivity contribution >= 4 is 17.5 Å². The van der Waals surface area contributed by atoms with Gasteiger partial charge in [-0.2, -0.15) is 0 Å². The molecule has 0 radical (unpaired) electrons. The van der Waals surface area contributed by atoms with E-state index in [1.54, 1.807) is 6.07 Å². The summed E-state index contributed by atoms with van der Waals surface area (Å²) in [4.78, 5) is 21.6. The smallest absolute Gasteiger partial charge is 0.274 e. The van der Waals surface area contributed by atoms with E-state index in [0.29, 0.717) is 18.2 Å². The fraction of sp³-hybridized carbons (Fsp3) is 0.261. The number of benzene rings is 2. The first-order chi connectivity index (χ1) is 13.3. The highest BCUT2D eigenvalue weighted by molar-refractivity contribution is 6.04. The van der Waals surface area contributed by atoms with Gasteiger partial charge in [0, 0.05) is 17.9 Å². The molecule has 1 amide bonds. The van der Waals surface area contributed by atoms with Crippen molar-refractivity contribution in [3.63, 3.8) is 0 Å². The van der Waals surface area contributed by atoms with Gasteiger partial charge in [-0.15, -0.1) is 0 Å². The second kappa shape index (κ2) is 8.21. The molecule has 2 N–H and O–H groups in total. The Morgan fingerprint density at radius 2 is 1.57 bits per heavy atom. The molecule has 0 spiro atoms. The lowest BCUT2D eigenvalue weighted by Crippen LogP contribution is -2.17. The molecular weight excluding hydrogens is 348 g/mol. The summed E-state index contributed by atoms with van der Waals surface area (Å²) < 4.78 is 0. The fourth-order valence-electron chi connectivity index (χ4n) is 3.30. The normalized spacial score (nSPS) is 10.6. The summed E-state index contributed by atoms with van der Waals surface area (Å²) in [5, 5.41) is 6.23. The van der Waals surface area contributed by atoms with Crippen LogP contribution in [0.1, 0.15) is 44.0 Å². The standard InChI is InChI=1S/C23H26N4O/c1-14-10-16(3)21(17(4)11-14)27-22(28)20-12-18(5)25-23(26-20)24-13-19-9-7-6-8-15(19)2/h6-12H,13H2,1-5H3,(H,27,28)(H,24,25,26). The SMILES string of the molecule is Cc1cc(C)c(NC(=O)c2cc(C)nc(NCc3ccccc3C)n2)c(C)c1. The molecule has 0 fully saturated rings. The minimum Gasteiger partial charge on any atom is -0.350 e. The van der Waals surface area contributed by atoms with Crippen LogP contribution in [0.4, 0.5) is 11.6 Å². The summed E-state index contributed by atoms with van der Waals surface area (Å²) in [6.45, 7) is 10.6. The van der Waals surface area contributed by atoms with Gasteiger partial charge in [-0.3, -0.25) is 4.79 Å². The van der Waals surface area contributed by atoms with Gasteiger partial charge in [0.05, 0.1) is 0 Å². The van der Waals surface area contributed by atoms with Crippen molar-refractivity contribution in [3.05, 3.63) is 81.7 Å². The molecule has 2 aromatic carbocycles. The van der Waals surface area contributed by atoms with E-state index in [0.717, 1.165) is 22.5 Å². The Labute approximate surface area is 166 Å². The molecule has 28 heavy (non-hydrogen) atoms. The van der Waals surface area contributed by atoms with Crippen LogP contribution in [0.3, 0.4) is 0 Å². The summed E-state index contributed by atoms with van der Waals surface area (Å²) in [6.07, 6.45) is 0. The van der Waals surface area contributed by atoms with Crippen LogP contribution in [0.15, 0.2) is 42.5 Å². The topological polar surface area (TPSA) is 66.9 Å². The van der Waals surface area contributed by atoms with Gasteiger partial charge in [0.25, 0.3) is 5.91 Å². The molecule has 5 nitrogen and oxygen atoms in total. The molecule has 3 aromatic rings. The van der Waals surface area contributed by atoms with Crippen LogP contribution in [-0.4, -0.2) is 15.9 Å². The molecule has 0 atom stereocenters. The first kappa shape index (κ1) is 19.5. The van der Waals surface area contributed by atoms with Crippen LogP contribution in [-0.2, 0) is 6.54 Å². The predicted octanol–water partition coefficient (Wildman–Crippen LogP) is 4.88. The monoisotopic (exact) mass is 374 g/mol. The first-order valence-electron chi connectivity index (χ1n) is 9.37. The van der Waals surface area contributed by atoms with Gasteiger partial charge in [-0.1, -0.05) is 42.0 Å². The van der Waals surface area contributed by atoms with Gasteiger partial charge in [0.1, 0.15) is 5.69 Å². The third kappa shape index (κ3) is 4.55. The Hall–Kier alpha value is -3.21. The predicted molar refractivity (Wildman–Crippen MR) is 114 cm³/mol. The van der Waals surface area contributed by atoms with Crippen molar-refractivity contribution in [3.8, 4) is 0 Å². The number of hydrogen-bond acceptors (Lipinski definition) is 4. The van der Waals surface area contributed by atoms with Crippen molar-refractivity contribution < 1.29 is 4.79 Å². The van der Waals surface area contributed by atoms with Gasteiger partial charge >= 0.3 is 0 Å². The number of rotatable bonds is 5. The Morgan fingerprint density at radius 1 is 0.893 bits per heavy atom. The summed E-state index contributed by atoms with van der Waals surface area (Å²) in [5.41, 5.74) is 7.54. The Kier molecular flexibility index (Phi) is 5.73. The molecule has 0 aliphatic carbocycles. The number of amides is 1. The number of carbonyl (C=O) groups excluding carboxylic acids is 1. The number of hydrogen-bond donors (Lipinski definition) is 2. The third-order valence-electron chi connectivity index (χ3n) is 4.70. The molecule has 0 bridgehead atoms. The van der Waals surface area contributed by atoms with E-state index in [-0.39, 0.29) is 5.91 Å². The number of nitrogens with one attached hydrogen (secondary N) is 2. The molecule has 0 saturated heterocycles. The van der Waals surface area contributed by atoms with Crippen molar-refractivity contribution in [2.45, 2.75) is 41.2 Å². The number of aryl methyl sites for hydroxylation is 5. The number of nitrogens with zero attached hydrogens (tertiary/aromatic N) is 2. The Morgan fingerprint density at radius 3 is 2.25 bits per heavy atom. The maximum atomic E-state index is 12.8. The minimum atomic E-state index is -0.237. The maximum absolute atomic E-state index is 12.8. The van der Waals surface area contributed by atoms with Crippen molar-refractivity contribution in [1.82, 2.24) is 9.97 Å². The molecule has 3 rings (SSSR count). The van der Waals surface area contributed by atoms with E-state index < -0.39 is 0 Å². The van der Waals surface area contributed by atoms with E-state index in [2.05, 4.69) is 51.8 Å². The molecule has 1 heterocycles. The van der Waals surface area contributed by atoms with Crippen LogP contribution in [0.2, 0.25) is 0 Å². The van der Waals surface area contributed by atoms with E-state index in [1.807, 2.05) is 39.8 Å². The lowest BCUT2D eigenvalue weighted by atomic mass is 10.0. The van der Waals surface area contributed by atoms with Crippen LogP contribution >= 0.6 is 0 Å². The minimum absolute atomic E-state index is 0.237. The highest BCUT2D eigenvalue weighted by atomic mass is 16.1. The molecule has 144 valence electrons. The zero-order valence-electron chi connectivity index (χ0n) is 17.1. The number of aromatic nitrogens is 2. The summed E-state index contributed by atoms with van der Waals surface area (Å²) in [7, 11) is 0. The van der Waals surface area contributed by atoms with Crippen molar-refractivity contribution in [2.75, 3.05) is 10.6 Å². The molecular formula is C23H26N4O. The van der Waals surface area contributed by atoms with Crippen LogP contribution < -0.4 is 10.6 Å². The van der Waals surface area contributed by atoms with Gasteiger partial charge in [-0.25, -0.2) is 9.97 Å². The largest absolute Gasteiger partial charge is 0.350 e. The van der Waals surface area contributed by atoms with E-state index in [9.17, 15) is 4.79 Å².